The van der Waals surface area contributed by atoms with Gasteiger partial charge in [0.2, 0.25) is 0 Å². The van der Waals surface area contributed by atoms with E-state index in [-0.39, 0.29) is 0 Å². The zero-order valence-corrected chi connectivity index (χ0v) is 7.91. The second-order valence-electron chi connectivity index (χ2n) is 3.15. The fraction of sp³-hybridized carbons (Fsp3) is 0.625. The van der Waals surface area contributed by atoms with Gasteiger partial charge in [-0.3, -0.25) is 9.31 Å². The van der Waals surface area contributed by atoms with Crippen LogP contribution >= 0.6 is 0 Å². The van der Waals surface area contributed by atoms with Crippen molar-refractivity contribution in [3.05, 3.63) is 11.3 Å². The molecule has 1 atom stereocenters. The Morgan fingerprint density at radius 2 is 2.17 bits per heavy atom. The summed E-state index contributed by atoms with van der Waals surface area (Å²) in [6.45, 7) is 0. The Balaban J connectivity index is 2.44. The summed E-state index contributed by atoms with van der Waals surface area (Å²) in [4.78, 5) is 0. The third kappa shape index (κ3) is 1.20. The average molecular weight is 184 g/mol. The van der Waals surface area contributed by atoms with Crippen molar-refractivity contribution in [3.8, 4) is 0 Å². The van der Waals surface area contributed by atoms with Gasteiger partial charge in [-0.15, -0.1) is 0 Å². The summed E-state index contributed by atoms with van der Waals surface area (Å²) in [5.74, 6) is 0. The van der Waals surface area contributed by atoms with Crippen molar-refractivity contribution in [3.63, 3.8) is 0 Å². The van der Waals surface area contributed by atoms with E-state index in [1.165, 1.54) is 24.1 Å². The second kappa shape index (κ2) is 3.01. The van der Waals surface area contributed by atoms with Gasteiger partial charge in [0.15, 0.2) is 5.03 Å². The Kier molecular flexibility index (Phi) is 2.00. The Labute approximate surface area is 74.0 Å². The molecule has 0 aliphatic heterocycles. The van der Waals surface area contributed by atoms with Gasteiger partial charge in [-0.2, -0.15) is 5.10 Å². The normalized spacial score (nSPS) is 18.8. The zero-order chi connectivity index (χ0) is 8.55. The van der Waals surface area contributed by atoms with Gasteiger partial charge in [0.25, 0.3) is 0 Å². The number of nitrogens with zero attached hydrogens (tertiary/aromatic N) is 1. The predicted molar refractivity (Wildman–Crippen MR) is 47.6 cm³/mol. The molecule has 2 rings (SSSR count). The van der Waals surface area contributed by atoms with Gasteiger partial charge in [-0.25, -0.2) is 0 Å². The lowest BCUT2D eigenvalue weighted by Crippen LogP contribution is -2.02. The first-order valence-corrected chi connectivity index (χ1v) is 5.74. The molecule has 1 aromatic heterocycles. The van der Waals surface area contributed by atoms with Crippen LogP contribution in [0.1, 0.15) is 24.1 Å². The van der Waals surface area contributed by atoms with E-state index in [2.05, 4.69) is 10.2 Å². The molecule has 0 saturated heterocycles. The molecule has 1 aliphatic rings. The molecule has 1 unspecified atom stereocenters. The summed E-state index contributed by atoms with van der Waals surface area (Å²) in [6, 6.07) is 0. The highest BCUT2D eigenvalue weighted by Gasteiger charge is 2.18. The van der Waals surface area contributed by atoms with Crippen molar-refractivity contribution < 1.29 is 4.21 Å². The molecule has 66 valence electrons. The highest BCUT2D eigenvalue weighted by atomic mass is 32.2. The van der Waals surface area contributed by atoms with Crippen LogP contribution in [0.3, 0.4) is 0 Å². The van der Waals surface area contributed by atoms with E-state index < -0.39 is 10.8 Å². The molecule has 0 bridgehead atoms. The predicted octanol–water partition coefficient (Wildman–Crippen LogP) is 1.03. The first kappa shape index (κ1) is 7.98. The van der Waals surface area contributed by atoms with Gasteiger partial charge in [0, 0.05) is 17.5 Å². The largest absolute Gasteiger partial charge is 0.281 e. The molecule has 0 amide bonds. The minimum atomic E-state index is -0.930. The minimum Gasteiger partial charge on any atom is -0.281 e. The molecular weight excluding hydrogens is 172 g/mol. The average Bonchev–Trinajstić information content (AvgIpc) is 2.47. The molecule has 12 heavy (non-hydrogen) atoms. The summed E-state index contributed by atoms with van der Waals surface area (Å²) < 4.78 is 11.2. The number of aryl methyl sites for hydroxylation is 1. The van der Waals surface area contributed by atoms with Crippen LogP contribution in [-0.2, 0) is 23.6 Å². The lowest BCUT2D eigenvalue weighted by atomic mass is 9.99. The molecule has 1 aromatic rings. The van der Waals surface area contributed by atoms with Gasteiger partial charge in [-0.1, -0.05) is 0 Å². The number of nitrogens with one attached hydrogen (secondary N) is 1. The maximum atomic E-state index is 11.2. The first-order valence-electron chi connectivity index (χ1n) is 4.18. The number of fused-ring (bicyclic) bond motifs is 1. The van der Waals surface area contributed by atoms with Crippen molar-refractivity contribution in [1.82, 2.24) is 10.2 Å². The SMILES string of the molecule is CS(=O)c1n[nH]c2c1CCCC2. The number of hydrogen-bond acceptors (Lipinski definition) is 2. The lowest BCUT2D eigenvalue weighted by molar-refractivity contribution is 0.665. The van der Waals surface area contributed by atoms with Gasteiger partial charge < -0.3 is 0 Å². The standard InChI is InChI=1S/C8H12N2OS/c1-12(11)8-6-4-2-3-5-7(6)9-10-8/h2-5H2,1H3,(H,9,10). The van der Waals surface area contributed by atoms with Crippen LogP contribution in [0.4, 0.5) is 0 Å². The molecule has 0 spiro atoms. The van der Waals surface area contributed by atoms with E-state index in [0.717, 1.165) is 17.9 Å². The number of rotatable bonds is 1. The highest BCUT2D eigenvalue weighted by molar-refractivity contribution is 7.84. The maximum Gasteiger partial charge on any atom is 0.152 e. The Morgan fingerprint density at radius 3 is 2.92 bits per heavy atom. The van der Waals surface area contributed by atoms with Crippen LogP contribution in [-0.4, -0.2) is 20.7 Å². The zero-order valence-electron chi connectivity index (χ0n) is 7.09. The second-order valence-corrected chi connectivity index (χ2v) is 4.44. The fourth-order valence-electron chi connectivity index (χ4n) is 1.69. The Hall–Kier alpha value is -0.640. The maximum absolute atomic E-state index is 11.2. The summed E-state index contributed by atoms with van der Waals surface area (Å²) >= 11 is 0. The number of hydrogen-bond donors (Lipinski definition) is 1. The molecule has 1 heterocycles. The van der Waals surface area contributed by atoms with Crippen molar-refractivity contribution in [2.24, 2.45) is 0 Å². The number of H-pyrrole nitrogens is 1. The van der Waals surface area contributed by atoms with Crippen LogP contribution in [0, 0.1) is 0 Å². The molecule has 0 fully saturated rings. The summed E-state index contributed by atoms with van der Waals surface area (Å²) in [5, 5.41) is 7.80. The Morgan fingerprint density at radius 1 is 1.42 bits per heavy atom. The van der Waals surface area contributed by atoms with Gasteiger partial charge in [-0.05, 0) is 25.7 Å². The summed E-state index contributed by atoms with van der Waals surface area (Å²) in [6.07, 6.45) is 6.23. The van der Waals surface area contributed by atoms with Gasteiger partial charge in [0.1, 0.15) is 0 Å². The highest BCUT2D eigenvalue weighted by Crippen LogP contribution is 2.23. The Bertz CT molecular complexity index is 319. The third-order valence-corrected chi connectivity index (χ3v) is 3.17. The van der Waals surface area contributed by atoms with Crippen LogP contribution in [0.25, 0.3) is 0 Å². The molecule has 0 aromatic carbocycles. The van der Waals surface area contributed by atoms with Crippen molar-refractivity contribution in [2.75, 3.05) is 6.26 Å². The molecule has 4 heteroatoms. The van der Waals surface area contributed by atoms with Crippen LogP contribution < -0.4 is 0 Å². The van der Waals surface area contributed by atoms with Crippen LogP contribution in [0.2, 0.25) is 0 Å². The lowest BCUT2D eigenvalue weighted by Gasteiger charge is -2.09. The summed E-state index contributed by atoms with van der Waals surface area (Å²) in [7, 11) is -0.930. The monoisotopic (exact) mass is 184 g/mol. The van der Waals surface area contributed by atoms with E-state index in [1.54, 1.807) is 6.26 Å². The minimum absolute atomic E-state index is 0.768. The number of aromatic amines is 1. The van der Waals surface area contributed by atoms with E-state index >= 15 is 0 Å². The molecular formula is C8H12N2OS. The van der Waals surface area contributed by atoms with Crippen LogP contribution in [0.15, 0.2) is 5.03 Å². The molecule has 1 N–H and O–H groups in total. The topological polar surface area (TPSA) is 45.8 Å². The van der Waals surface area contributed by atoms with Crippen molar-refractivity contribution in [1.29, 1.82) is 0 Å². The van der Waals surface area contributed by atoms with Crippen molar-refractivity contribution >= 4 is 10.8 Å². The van der Waals surface area contributed by atoms with Gasteiger partial charge >= 0.3 is 0 Å². The van der Waals surface area contributed by atoms with Gasteiger partial charge in [0.05, 0.1) is 10.8 Å². The van der Waals surface area contributed by atoms with Crippen molar-refractivity contribution in [2.45, 2.75) is 30.7 Å². The van der Waals surface area contributed by atoms with Crippen LogP contribution in [0.5, 0.6) is 0 Å². The first-order chi connectivity index (χ1) is 5.79. The van der Waals surface area contributed by atoms with E-state index in [0.29, 0.717) is 0 Å². The quantitative estimate of drug-likeness (QED) is 0.708. The smallest absolute Gasteiger partial charge is 0.152 e. The third-order valence-electron chi connectivity index (χ3n) is 2.29. The fourth-order valence-corrected chi connectivity index (χ4v) is 2.43. The molecule has 0 saturated carbocycles. The van der Waals surface area contributed by atoms with E-state index in [1.807, 2.05) is 0 Å². The number of aromatic nitrogens is 2. The van der Waals surface area contributed by atoms with E-state index in [4.69, 9.17) is 0 Å². The molecule has 1 aliphatic carbocycles. The molecule has 0 radical (unpaired) electrons. The summed E-state index contributed by atoms with van der Waals surface area (Å²) in [5.41, 5.74) is 2.41. The molecule has 3 nitrogen and oxygen atoms in total. The van der Waals surface area contributed by atoms with E-state index in [9.17, 15) is 4.21 Å².